The maximum atomic E-state index is 11.5. The molecule has 1 amide bonds. The summed E-state index contributed by atoms with van der Waals surface area (Å²) in [5.74, 6) is 5.93. The van der Waals surface area contributed by atoms with E-state index >= 15 is 0 Å². The van der Waals surface area contributed by atoms with Crippen LogP contribution < -0.4 is 5.32 Å². The molecule has 0 saturated heterocycles. The first-order valence-corrected chi connectivity index (χ1v) is 7.58. The van der Waals surface area contributed by atoms with E-state index in [0.29, 0.717) is 23.7 Å². The van der Waals surface area contributed by atoms with Crippen molar-refractivity contribution in [3.63, 3.8) is 0 Å². The largest absolute Gasteiger partial charge is 0.445 e. The summed E-state index contributed by atoms with van der Waals surface area (Å²) in [7, 11) is 0. The number of alkyl carbamates (subject to hydrolysis) is 1. The van der Waals surface area contributed by atoms with Gasteiger partial charge in [-0.25, -0.2) is 9.78 Å². The SMILES string of the molecule is Cc1cc(Cl)cnc1C#CCCNC(=O)OCc1ccccc1. The number of nitrogens with zero attached hydrogens (tertiary/aromatic N) is 1. The van der Waals surface area contributed by atoms with Crippen molar-refractivity contribution in [2.24, 2.45) is 0 Å². The van der Waals surface area contributed by atoms with E-state index in [1.165, 1.54) is 0 Å². The summed E-state index contributed by atoms with van der Waals surface area (Å²) in [5, 5.41) is 3.25. The van der Waals surface area contributed by atoms with Gasteiger partial charge in [-0.3, -0.25) is 0 Å². The van der Waals surface area contributed by atoms with Gasteiger partial charge < -0.3 is 10.1 Å². The lowest BCUT2D eigenvalue weighted by Crippen LogP contribution is -2.24. The number of ether oxygens (including phenoxy) is 1. The molecule has 5 heteroatoms. The summed E-state index contributed by atoms with van der Waals surface area (Å²) in [6.07, 6.45) is 1.64. The van der Waals surface area contributed by atoms with Crippen LogP contribution >= 0.6 is 11.6 Å². The van der Waals surface area contributed by atoms with Crippen LogP contribution in [0.5, 0.6) is 0 Å². The van der Waals surface area contributed by atoms with Crippen molar-refractivity contribution >= 4 is 17.7 Å². The lowest BCUT2D eigenvalue weighted by Gasteiger charge is -2.05. The number of aromatic nitrogens is 1. The Balaban J connectivity index is 1.69. The highest BCUT2D eigenvalue weighted by molar-refractivity contribution is 6.30. The highest BCUT2D eigenvalue weighted by Crippen LogP contribution is 2.11. The van der Waals surface area contributed by atoms with E-state index in [-0.39, 0.29) is 6.61 Å². The molecule has 0 aliphatic heterocycles. The van der Waals surface area contributed by atoms with Crippen molar-refractivity contribution in [1.29, 1.82) is 0 Å². The Bertz CT molecular complexity index is 721. The number of nitrogens with one attached hydrogen (secondary N) is 1. The van der Waals surface area contributed by atoms with E-state index in [1.807, 2.05) is 43.3 Å². The molecule has 1 aromatic heterocycles. The van der Waals surface area contributed by atoms with Gasteiger partial charge in [-0.1, -0.05) is 47.9 Å². The van der Waals surface area contributed by atoms with Crippen molar-refractivity contribution in [2.75, 3.05) is 6.54 Å². The second-order valence-electron chi connectivity index (χ2n) is 4.86. The molecular weight excluding hydrogens is 312 g/mol. The quantitative estimate of drug-likeness (QED) is 0.687. The van der Waals surface area contributed by atoms with Crippen molar-refractivity contribution < 1.29 is 9.53 Å². The van der Waals surface area contributed by atoms with Gasteiger partial charge in [0, 0.05) is 19.2 Å². The Morgan fingerprint density at radius 2 is 2.13 bits per heavy atom. The maximum Gasteiger partial charge on any atom is 0.407 e. The number of halogens is 1. The van der Waals surface area contributed by atoms with Crippen LogP contribution in [0.1, 0.15) is 23.2 Å². The molecule has 118 valence electrons. The average Bonchev–Trinajstić information content (AvgIpc) is 2.55. The lowest BCUT2D eigenvalue weighted by molar-refractivity contribution is 0.140. The maximum absolute atomic E-state index is 11.5. The molecule has 2 rings (SSSR count). The van der Waals surface area contributed by atoms with Crippen molar-refractivity contribution in [2.45, 2.75) is 20.0 Å². The first kappa shape index (κ1) is 16.9. The molecule has 1 heterocycles. The summed E-state index contributed by atoms with van der Waals surface area (Å²) in [6.45, 7) is 2.58. The van der Waals surface area contributed by atoms with Gasteiger partial charge in [-0.05, 0) is 30.0 Å². The topological polar surface area (TPSA) is 51.2 Å². The summed E-state index contributed by atoms with van der Waals surface area (Å²) in [5.41, 5.74) is 2.58. The Kier molecular flexibility index (Phi) is 6.46. The standard InChI is InChI=1S/C18H17ClN2O2/c1-14-11-16(19)12-21-17(14)9-5-6-10-20-18(22)23-13-15-7-3-2-4-8-15/h2-4,7-8,11-12H,6,10,13H2,1H3,(H,20,22). The molecule has 0 unspecified atom stereocenters. The first-order chi connectivity index (χ1) is 11.1. The van der Waals surface area contributed by atoms with E-state index in [1.54, 1.807) is 6.20 Å². The molecule has 2 aromatic rings. The molecule has 0 radical (unpaired) electrons. The number of aryl methyl sites for hydroxylation is 1. The minimum absolute atomic E-state index is 0.256. The zero-order valence-corrected chi connectivity index (χ0v) is 13.6. The monoisotopic (exact) mass is 328 g/mol. The molecular formula is C18H17ClN2O2. The van der Waals surface area contributed by atoms with Crippen LogP contribution in [0, 0.1) is 18.8 Å². The van der Waals surface area contributed by atoms with Gasteiger partial charge in [-0.15, -0.1) is 0 Å². The van der Waals surface area contributed by atoms with Gasteiger partial charge in [0.25, 0.3) is 0 Å². The average molecular weight is 329 g/mol. The third kappa shape index (κ3) is 6.01. The van der Waals surface area contributed by atoms with E-state index in [2.05, 4.69) is 22.1 Å². The van der Waals surface area contributed by atoms with E-state index < -0.39 is 6.09 Å². The first-order valence-electron chi connectivity index (χ1n) is 7.21. The van der Waals surface area contributed by atoms with Gasteiger partial charge in [0.2, 0.25) is 0 Å². The fourth-order valence-electron chi connectivity index (χ4n) is 1.82. The number of amides is 1. The van der Waals surface area contributed by atoms with Gasteiger partial charge >= 0.3 is 6.09 Å². The minimum Gasteiger partial charge on any atom is -0.445 e. The number of pyridine rings is 1. The Labute approximate surface area is 140 Å². The minimum atomic E-state index is -0.448. The number of hydrogen-bond donors (Lipinski definition) is 1. The molecule has 0 aliphatic carbocycles. The van der Waals surface area contributed by atoms with Crippen molar-refractivity contribution in [3.8, 4) is 11.8 Å². The number of benzene rings is 1. The van der Waals surface area contributed by atoms with Crippen LogP contribution in [-0.2, 0) is 11.3 Å². The van der Waals surface area contributed by atoms with E-state index in [0.717, 1.165) is 11.1 Å². The van der Waals surface area contributed by atoms with Gasteiger partial charge in [0.15, 0.2) is 0 Å². The third-order valence-electron chi connectivity index (χ3n) is 2.98. The molecule has 0 atom stereocenters. The molecule has 0 saturated carbocycles. The molecule has 4 nitrogen and oxygen atoms in total. The number of carbonyl (C=O) groups excluding carboxylic acids is 1. The molecule has 1 N–H and O–H groups in total. The van der Waals surface area contributed by atoms with Crippen LogP contribution in [0.15, 0.2) is 42.6 Å². The van der Waals surface area contributed by atoms with Gasteiger partial charge in [0.1, 0.15) is 12.3 Å². The predicted octanol–water partition coefficient (Wildman–Crippen LogP) is 3.71. The molecule has 0 fully saturated rings. The Hall–Kier alpha value is -2.51. The number of rotatable bonds is 4. The molecule has 0 spiro atoms. The molecule has 0 bridgehead atoms. The molecule has 23 heavy (non-hydrogen) atoms. The van der Waals surface area contributed by atoms with E-state index in [4.69, 9.17) is 16.3 Å². The van der Waals surface area contributed by atoms with Crippen LogP contribution in [0.3, 0.4) is 0 Å². The summed E-state index contributed by atoms with van der Waals surface area (Å²) in [6, 6.07) is 11.3. The second-order valence-corrected chi connectivity index (χ2v) is 5.30. The Morgan fingerprint density at radius 1 is 1.35 bits per heavy atom. The summed E-state index contributed by atoms with van der Waals surface area (Å²) >= 11 is 5.84. The van der Waals surface area contributed by atoms with Crippen LogP contribution in [-0.4, -0.2) is 17.6 Å². The Morgan fingerprint density at radius 3 is 2.87 bits per heavy atom. The summed E-state index contributed by atoms with van der Waals surface area (Å²) < 4.78 is 5.10. The van der Waals surface area contributed by atoms with Crippen LogP contribution in [0.2, 0.25) is 5.02 Å². The highest BCUT2D eigenvalue weighted by atomic mass is 35.5. The highest BCUT2D eigenvalue weighted by Gasteiger charge is 2.01. The van der Waals surface area contributed by atoms with Crippen molar-refractivity contribution in [1.82, 2.24) is 10.3 Å². The smallest absolute Gasteiger partial charge is 0.407 e. The van der Waals surface area contributed by atoms with E-state index in [9.17, 15) is 4.79 Å². The number of carbonyl (C=O) groups is 1. The predicted molar refractivity (Wildman–Crippen MR) is 90.1 cm³/mol. The molecule has 1 aromatic carbocycles. The third-order valence-corrected chi connectivity index (χ3v) is 3.19. The number of hydrogen-bond acceptors (Lipinski definition) is 3. The van der Waals surface area contributed by atoms with Gasteiger partial charge in [-0.2, -0.15) is 0 Å². The van der Waals surface area contributed by atoms with Crippen LogP contribution in [0.25, 0.3) is 0 Å². The fourth-order valence-corrected chi connectivity index (χ4v) is 2.03. The van der Waals surface area contributed by atoms with Crippen LogP contribution in [0.4, 0.5) is 4.79 Å². The lowest BCUT2D eigenvalue weighted by atomic mass is 10.2. The second kappa shape index (κ2) is 8.82. The van der Waals surface area contributed by atoms with Crippen molar-refractivity contribution in [3.05, 3.63) is 64.4 Å². The normalized spacial score (nSPS) is 9.65. The zero-order valence-electron chi connectivity index (χ0n) is 12.8. The molecule has 0 aliphatic rings. The fraction of sp³-hybridized carbons (Fsp3) is 0.222. The zero-order chi connectivity index (χ0) is 16.5. The van der Waals surface area contributed by atoms with Gasteiger partial charge in [0.05, 0.1) is 5.02 Å². The summed E-state index contributed by atoms with van der Waals surface area (Å²) in [4.78, 5) is 15.7.